The number of para-hydroxylation sites is 1. The first-order valence-electron chi connectivity index (χ1n) is 7.13. The number of anilines is 2. The average Bonchev–Trinajstić information content (AvgIpc) is 2.62. The molecule has 0 aliphatic carbocycles. The van der Waals surface area contributed by atoms with Crippen LogP contribution in [0.3, 0.4) is 0 Å². The summed E-state index contributed by atoms with van der Waals surface area (Å²) in [6, 6.07) is 17.3. The number of aromatic nitrogens is 1. The molecule has 0 spiro atoms. The number of nitrogens with zero attached hydrogens (tertiary/aromatic N) is 2. The molecule has 0 aliphatic rings. The maximum absolute atomic E-state index is 12.1. The van der Waals surface area contributed by atoms with Gasteiger partial charge in [0.25, 0.3) is 0 Å². The van der Waals surface area contributed by atoms with Gasteiger partial charge in [0.1, 0.15) is 0 Å². The summed E-state index contributed by atoms with van der Waals surface area (Å²) in [5.74, 6) is -1.63. The summed E-state index contributed by atoms with van der Waals surface area (Å²) in [7, 11) is 0. The third-order valence-electron chi connectivity index (χ3n) is 3.34. The fourth-order valence-corrected chi connectivity index (χ4v) is 2.24. The number of rotatable bonds is 2. The molecule has 3 aromatic rings. The van der Waals surface area contributed by atoms with Crippen molar-refractivity contribution < 1.29 is 9.59 Å². The number of nitrogens with one attached hydrogen (secondary N) is 2. The van der Waals surface area contributed by atoms with E-state index in [2.05, 4.69) is 15.6 Å². The first-order valence-corrected chi connectivity index (χ1v) is 7.13. The number of amides is 2. The Bertz CT molecular complexity index is 971. The summed E-state index contributed by atoms with van der Waals surface area (Å²) in [5.41, 5.74) is 1.84. The fourth-order valence-electron chi connectivity index (χ4n) is 2.24. The first kappa shape index (κ1) is 15.2. The summed E-state index contributed by atoms with van der Waals surface area (Å²) in [4.78, 5) is 28.3. The van der Waals surface area contributed by atoms with Crippen molar-refractivity contribution in [1.29, 1.82) is 5.26 Å². The van der Waals surface area contributed by atoms with E-state index >= 15 is 0 Å². The number of benzene rings is 2. The summed E-state index contributed by atoms with van der Waals surface area (Å²) in [5, 5.41) is 14.7. The van der Waals surface area contributed by atoms with Gasteiger partial charge < -0.3 is 10.6 Å². The molecule has 2 aromatic carbocycles. The summed E-state index contributed by atoms with van der Waals surface area (Å²) in [6.45, 7) is 0. The third kappa shape index (κ3) is 3.20. The van der Waals surface area contributed by atoms with Crippen LogP contribution in [0, 0.1) is 11.3 Å². The molecule has 116 valence electrons. The van der Waals surface area contributed by atoms with Crippen molar-refractivity contribution in [3.05, 3.63) is 66.4 Å². The molecule has 0 saturated heterocycles. The lowest BCUT2D eigenvalue weighted by atomic mass is 10.2. The van der Waals surface area contributed by atoms with Gasteiger partial charge in [-0.2, -0.15) is 5.26 Å². The Labute approximate surface area is 137 Å². The fraction of sp³-hybridized carbons (Fsp3) is 0. The molecule has 3 rings (SSSR count). The molecule has 6 heteroatoms. The Morgan fingerprint density at radius 1 is 0.958 bits per heavy atom. The Morgan fingerprint density at radius 2 is 1.71 bits per heavy atom. The second-order valence-electron chi connectivity index (χ2n) is 4.98. The minimum Gasteiger partial charge on any atom is -0.318 e. The van der Waals surface area contributed by atoms with E-state index in [0.29, 0.717) is 22.5 Å². The Kier molecular flexibility index (Phi) is 4.17. The molecule has 0 aliphatic heterocycles. The number of nitriles is 1. The van der Waals surface area contributed by atoms with Gasteiger partial charge in [0.2, 0.25) is 0 Å². The zero-order chi connectivity index (χ0) is 16.9. The van der Waals surface area contributed by atoms with Crippen LogP contribution in [0.2, 0.25) is 0 Å². The second kappa shape index (κ2) is 6.58. The number of hydrogen-bond acceptors (Lipinski definition) is 4. The van der Waals surface area contributed by atoms with Gasteiger partial charge in [0, 0.05) is 17.3 Å². The van der Waals surface area contributed by atoms with Crippen molar-refractivity contribution in [3.63, 3.8) is 0 Å². The normalized spacial score (nSPS) is 9.96. The molecular weight excluding hydrogens is 304 g/mol. The zero-order valence-corrected chi connectivity index (χ0v) is 12.5. The van der Waals surface area contributed by atoms with Crippen LogP contribution in [0.15, 0.2) is 60.8 Å². The van der Waals surface area contributed by atoms with Crippen LogP contribution in [0.5, 0.6) is 0 Å². The van der Waals surface area contributed by atoms with Crippen molar-refractivity contribution in [2.75, 3.05) is 10.6 Å². The van der Waals surface area contributed by atoms with Crippen LogP contribution in [-0.2, 0) is 9.59 Å². The van der Waals surface area contributed by atoms with Gasteiger partial charge in [-0.3, -0.25) is 14.6 Å². The summed E-state index contributed by atoms with van der Waals surface area (Å²) < 4.78 is 0. The van der Waals surface area contributed by atoms with Crippen LogP contribution in [0.25, 0.3) is 10.9 Å². The van der Waals surface area contributed by atoms with Gasteiger partial charge >= 0.3 is 11.8 Å². The lowest BCUT2D eigenvalue weighted by Crippen LogP contribution is -2.29. The van der Waals surface area contributed by atoms with Crippen molar-refractivity contribution >= 4 is 34.1 Å². The van der Waals surface area contributed by atoms with Crippen molar-refractivity contribution in [3.8, 4) is 6.07 Å². The highest BCUT2D eigenvalue weighted by Gasteiger charge is 2.15. The lowest BCUT2D eigenvalue weighted by molar-refractivity contribution is -0.132. The number of carbonyl (C=O) groups is 2. The molecule has 6 nitrogen and oxygen atoms in total. The van der Waals surface area contributed by atoms with Crippen LogP contribution < -0.4 is 10.6 Å². The van der Waals surface area contributed by atoms with Gasteiger partial charge in [0.05, 0.1) is 22.8 Å². The molecule has 24 heavy (non-hydrogen) atoms. The minimum atomic E-state index is -0.821. The molecule has 0 bridgehead atoms. The monoisotopic (exact) mass is 316 g/mol. The molecule has 1 aromatic heterocycles. The van der Waals surface area contributed by atoms with E-state index in [9.17, 15) is 9.59 Å². The highest BCUT2D eigenvalue weighted by molar-refractivity contribution is 6.44. The highest BCUT2D eigenvalue weighted by Crippen LogP contribution is 2.20. The molecule has 2 amide bonds. The second-order valence-corrected chi connectivity index (χ2v) is 4.98. The smallest absolute Gasteiger partial charge is 0.314 e. The Balaban J connectivity index is 1.76. The number of hydrogen-bond donors (Lipinski definition) is 2. The minimum absolute atomic E-state index is 0.380. The zero-order valence-electron chi connectivity index (χ0n) is 12.5. The van der Waals surface area contributed by atoms with E-state index in [-0.39, 0.29) is 0 Å². The quantitative estimate of drug-likeness (QED) is 0.711. The van der Waals surface area contributed by atoms with Crippen molar-refractivity contribution in [1.82, 2.24) is 4.98 Å². The van der Waals surface area contributed by atoms with Gasteiger partial charge in [0.15, 0.2) is 0 Å². The molecule has 0 unspecified atom stereocenters. The largest absolute Gasteiger partial charge is 0.318 e. The highest BCUT2D eigenvalue weighted by atomic mass is 16.2. The molecule has 1 heterocycles. The van der Waals surface area contributed by atoms with E-state index < -0.39 is 11.8 Å². The van der Waals surface area contributed by atoms with Gasteiger partial charge in [-0.25, -0.2) is 0 Å². The number of fused-ring (bicyclic) bond motifs is 1. The number of pyridine rings is 1. The van der Waals surface area contributed by atoms with E-state index in [1.54, 1.807) is 42.6 Å². The van der Waals surface area contributed by atoms with Gasteiger partial charge in [-0.1, -0.05) is 24.3 Å². The number of carbonyl (C=O) groups excluding carboxylic acids is 2. The molecular formula is C18H12N4O2. The molecule has 0 radical (unpaired) electrons. The average molecular weight is 316 g/mol. The van der Waals surface area contributed by atoms with E-state index in [4.69, 9.17) is 5.26 Å². The molecule has 0 saturated carbocycles. The van der Waals surface area contributed by atoms with Crippen molar-refractivity contribution in [2.24, 2.45) is 0 Å². The van der Waals surface area contributed by atoms with E-state index in [1.807, 2.05) is 18.2 Å². The van der Waals surface area contributed by atoms with E-state index in [1.165, 1.54) is 6.07 Å². The topological polar surface area (TPSA) is 94.9 Å². The van der Waals surface area contributed by atoms with Gasteiger partial charge in [-0.05, 0) is 30.3 Å². The molecule has 0 fully saturated rings. The predicted molar refractivity (Wildman–Crippen MR) is 90.2 cm³/mol. The van der Waals surface area contributed by atoms with Crippen LogP contribution in [0.4, 0.5) is 11.4 Å². The van der Waals surface area contributed by atoms with Gasteiger partial charge in [-0.15, -0.1) is 0 Å². The summed E-state index contributed by atoms with van der Waals surface area (Å²) in [6.07, 6.45) is 1.62. The SMILES string of the molecule is N#Cc1cccc(NC(=O)C(=O)Nc2cccc3cccnc23)c1. The van der Waals surface area contributed by atoms with Crippen LogP contribution in [0.1, 0.15) is 5.56 Å². The van der Waals surface area contributed by atoms with Crippen LogP contribution in [-0.4, -0.2) is 16.8 Å². The maximum Gasteiger partial charge on any atom is 0.314 e. The van der Waals surface area contributed by atoms with Crippen molar-refractivity contribution in [2.45, 2.75) is 0 Å². The first-order chi connectivity index (χ1) is 11.7. The van der Waals surface area contributed by atoms with E-state index in [0.717, 1.165) is 5.39 Å². The molecule has 0 atom stereocenters. The Hall–Kier alpha value is -3.72. The summed E-state index contributed by atoms with van der Waals surface area (Å²) >= 11 is 0. The third-order valence-corrected chi connectivity index (χ3v) is 3.34. The predicted octanol–water partition coefficient (Wildman–Crippen LogP) is 2.68. The lowest BCUT2D eigenvalue weighted by Gasteiger charge is -2.08. The molecule has 2 N–H and O–H groups in total. The van der Waals surface area contributed by atoms with Crippen LogP contribution >= 0.6 is 0 Å². The standard InChI is InChI=1S/C18H12N4O2/c19-11-12-4-1-7-14(10-12)21-17(23)18(24)22-15-8-2-5-13-6-3-9-20-16(13)15/h1-10H,(H,21,23)(H,22,24). The Morgan fingerprint density at radius 3 is 2.54 bits per heavy atom. The maximum atomic E-state index is 12.1.